The standard InChI is InChI=1S/C14H14BrN5/c1-11(13-5-2-3-6-14(13)15)20-10-12(17-18-20)9-19-8-4-7-16-19/h2-8,10-11H,9H2,1H3/t11-/m0/s1. The zero-order valence-electron chi connectivity index (χ0n) is 11.0. The highest BCUT2D eigenvalue weighted by molar-refractivity contribution is 9.10. The first-order valence-electron chi connectivity index (χ1n) is 6.36. The Morgan fingerprint density at radius 2 is 2.10 bits per heavy atom. The van der Waals surface area contributed by atoms with E-state index in [0.717, 1.165) is 10.2 Å². The third-order valence-corrected chi connectivity index (χ3v) is 3.92. The van der Waals surface area contributed by atoms with Crippen LogP contribution in [0, 0.1) is 0 Å². The zero-order valence-corrected chi connectivity index (χ0v) is 12.6. The van der Waals surface area contributed by atoms with Crippen LogP contribution in [0.15, 0.2) is 53.4 Å². The zero-order chi connectivity index (χ0) is 13.9. The lowest BCUT2D eigenvalue weighted by Crippen LogP contribution is -2.08. The molecule has 5 nitrogen and oxygen atoms in total. The van der Waals surface area contributed by atoms with Gasteiger partial charge in [0.15, 0.2) is 0 Å². The van der Waals surface area contributed by atoms with Gasteiger partial charge in [-0.05, 0) is 24.6 Å². The molecule has 0 fully saturated rings. The maximum Gasteiger partial charge on any atom is 0.104 e. The minimum absolute atomic E-state index is 0.129. The summed E-state index contributed by atoms with van der Waals surface area (Å²) in [7, 11) is 0. The molecular weight excluding hydrogens is 318 g/mol. The van der Waals surface area contributed by atoms with Crippen molar-refractivity contribution < 1.29 is 0 Å². The van der Waals surface area contributed by atoms with E-state index in [1.54, 1.807) is 6.20 Å². The van der Waals surface area contributed by atoms with E-state index >= 15 is 0 Å². The SMILES string of the molecule is C[C@@H](c1ccccc1Br)n1cc(Cn2cccn2)nn1. The maximum atomic E-state index is 4.22. The molecule has 6 heteroatoms. The van der Waals surface area contributed by atoms with E-state index in [0.29, 0.717) is 6.54 Å². The van der Waals surface area contributed by atoms with Gasteiger partial charge < -0.3 is 0 Å². The Bertz CT molecular complexity index is 689. The summed E-state index contributed by atoms with van der Waals surface area (Å²) in [5.74, 6) is 0. The van der Waals surface area contributed by atoms with Crippen molar-refractivity contribution in [3.8, 4) is 0 Å². The molecule has 0 amide bonds. The van der Waals surface area contributed by atoms with E-state index in [9.17, 15) is 0 Å². The number of hydrogen-bond donors (Lipinski definition) is 0. The second-order valence-electron chi connectivity index (χ2n) is 4.59. The summed E-state index contributed by atoms with van der Waals surface area (Å²) in [6.45, 7) is 2.74. The molecule has 0 unspecified atom stereocenters. The van der Waals surface area contributed by atoms with Crippen LogP contribution in [0.4, 0.5) is 0 Å². The van der Waals surface area contributed by atoms with E-state index in [-0.39, 0.29) is 6.04 Å². The van der Waals surface area contributed by atoms with Crippen LogP contribution in [-0.4, -0.2) is 24.8 Å². The monoisotopic (exact) mass is 331 g/mol. The molecule has 1 atom stereocenters. The van der Waals surface area contributed by atoms with Crippen molar-refractivity contribution in [3.63, 3.8) is 0 Å². The molecule has 0 aliphatic heterocycles. The summed E-state index contributed by atoms with van der Waals surface area (Å²) in [4.78, 5) is 0. The van der Waals surface area contributed by atoms with E-state index in [1.165, 1.54) is 5.56 Å². The van der Waals surface area contributed by atoms with Gasteiger partial charge in [-0.15, -0.1) is 5.10 Å². The van der Waals surface area contributed by atoms with Crippen LogP contribution in [0.25, 0.3) is 0 Å². The Hall–Kier alpha value is -1.95. The van der Waals surface area contributed by atoms with Crippen molar-refractivity contribution >= 4 is 15.9 Å². The first-order chi connectivity index (χ1) is 9.74. The number of aromatic nitrogens is 5. The van der Waals surface area contributed by atoms with Crippen molar-refractivity contribution in [2.75, 3.05) is 0 Å². The van der Waals surface area contributed by atoms with Crippen molar-refractivity contribution in [2.24, 2.45) is 0 Å². The van der Waals surface area contributed by atoms with Gasteiger partial charge in [-0.2, -0.15) is 5.10 Å². The second-order valence-corrected chi connectivity index (χ2v) is 5.45. The molecule has 0 aliphatic carbocycles. The molecule has 0 aliphatic rings. The van der Waals surface area contributed by atoms with Gasteiger partial charge in [0, 0.05) is 16.9 Å². The molecule has 0 N–H and O–H groups in total. The van der Waals surface area contributed by atoms with Crippen molar-refractivity contribution in [2.45, 2.75) is 19.5 Å². The van der Waals surface area contributed by atoms with Crippen LogP contribution >= 0.6 is 15.9 Å². The summed E-state index contributed by atoms with van der Waals surface area (Å²) in [5, 5.41) is 12.6. The molecule has 3 rings (SSSR count). The average Bonchev–Trinajstić information content (AvgIpc) is 3.11. The van der Waals surface area contributed by atoms with Gasteiger partial charge in [0.05, 0.1) is 18.8 Å². The molecule has 0 saturated heterocycles. The van der Waals surface area contributed by atoms with Crippen molar-refractivity contribution in [1.29, 1.82) is 0 Å². The molecule has 0 radical (unpaired) electrons. The topological polar surface area (TPSA) is 48.5 Å². The molecule has 20 heavy (non-hydrogen) atoms. The molecule has 2 heterocycles. The van der Waals surface area contributed by atoms with Gasteiger partial charge in [0.2, 0.25) is 0 Å². The molecular formula is C14H14BrN5. The highest BCUT2D eigenvalue weighted by Crippen LogP contribution is 2.25. The Morgan fingerprint density at radius 3 is 2.85 bits per heavy atom. The fourth-order valence-corrected chi connectivity index (χ4v) is 2.71. The fraction of sp³-hybridized carbons (Fsp3) is 0.214. The molecule has 102 valence electrons. The Balaban J connectivity index is 1.81. The smallest absolute Gasteiger partial charge is 0.104 e. The quantitative estimate of drug-likeness (QED) is 0.738. The van der Waals surface area contributed by atoms with Crippen LogP contribution in [-0.2, 0) is 6.54 Å². The van der Waals surface area contributed by atoms with Crippen LogP contribution in [0.1, 0.15) is 24.2 Å². The Kier molecular flexibility index (Phi) is 3.64. The lowest BCUT2D eigenvalue weighted by molar-refractivity contribution is 0.541. The molecule has 0 saturated carbocycles. The average molecular weight is 332 g/mol. The highest BCUT2D eigenvalue weighted by atomic mass is 79.9. The van der Waals surface area contributed by atoms with Gasteiger partial charge in [0.25, 0.3) is 0 Å². The van der Waals surface area contributed by atoms with Gasteiger partial charge >= 0.3 is 0 Å². The number of rotatable bonds is 4. The van der Waals surface area contributed by atoms with Crippen LogP contribution in [0.2, 0.25) is 0 Å². The number of hydrogen-bond acceptors (Lipinski definition) is 3. The number of nitrogens with zero attached hydrogens (tertiary/aromatic N) is 5. The lowest BCUT2D eigenvalue weighted by atomic mass is 10.1. The van der Waals surface area contributed by atoms with Gasteiger partial charge in [-0.25, -0.2) is 4.68 Å². The predicted molar refractivity (Wildman–Crippen MR) is 79.3 cm³/mol. The normalized spacial score (nSPS) is 12.5. The van der Waals surface area contributed by atoms with E-state index in [1.807, 2.05) is 46.0 Å². The van der Waals surface area contributed by atoms with Crippen molar-refractivity contribution in [1.82, 2.24) is 24.8 Å². The largest absolute Gasteiger partial charge is 0.267 e. The fourth-order valence-electron chi connectivity index (χ4n) is 2.09. The summed E-state index contributed by atoms with van der Waals surface area (Å²) in [5.41, 5.74) is 2.08. The third kappa shape index (κ3) is 2.65. The molecule has 0 spiro atoms. The molecule has 3 aromatic rings. The maximum absolute atomic E-state index is 4.22. The summed E-state index contributed by atoms with van der Waals surface area (Å²) in [6, 6.07) is 10.2. The molecule has 0 bridgehead atoms. The number of halogens is 1. The highest BCUT2D eigenvalue weighted by Gasteiger charge is 2.13. The van der Waals surface area contributed by atoms with Gasteiger partial charge in [-0.1, -0.05) is 39.3 Å². The summed E-state index contributed by atoms with van der Waals surface area (Å²) in [6.07, 6.45) is 5.64. The van der Waals surface area contributed by atoms with E-state index < -0.39 is 0 Å². The minimum Gasteiger partial charge on any atom is -0.267 e. The Labute approximate surface area is 125 Å². The number of benzene rings is 1. The van der Waals surface area contributed by atoms with Crippen LogP contribution in [0.5, 0.6) is 0 Å². The molecule has 1 aromatic carbocycles. The summed E-state index contributed by atoms with van der Waals surface area (Å²) >= 11 is 3.57. The van der Waals surface area contributed by atoms with Crippen molar-refractivity contribution in [3.05, 3.63) is 64.7 Å². The Morgan fingerprint density at radius 1 is 1.25 bits per heavy atom. The van der Waals surface area contributed by atoms with E-state index in [4.69, 9.17) is 0 Å². The van der Waals surface area contributed by atoms with Gasteiger partial charge in [0.1, 0.15) is 5.69 Å². The minimum atomic E-state index is 0.129. The van der Waals surface area contributed by atoms with Crippen LogP contribution < -0.4 is 0 Å². The van der Waals surface area contributed by atoms with Gasteiger partial charge in [-0.3, -0.25) is 4.68 Å². The third-order valence-electron chi connectivity index (χ3n) is 3.19. The van der Waals surface area contributed by atoms with E-state index in [2.05, 4.69) is 44.3 Å². The first kappa shape index (κ1) is 13.1. The lowest BCUT2D eigenvalue weighted by Gasteiger charge is -2.13. The first-order valence-corrected chi connectivity index (χ1v) is 7.16. The predicted octanol–water partition coefficient (Wildman–Crippen LogP) is 2.89. The molecule has 2 aromatic heterocycles. The summed E-state index contributed by atoms with van der Waals surface area (Å²) < 4.78 is 4.78. The second kappa shape index (κ2) is 5.58. The van der Waals surface area contributed by atoms with Crippen LogP contribution in [0.3, 0.4) is 0 Å².